The summed E-state index contributed by atoms with van der Waals surface area (Å²) in [5.74, 6) is 1.40. The molecule has 0 spiro atoms. The lowest BCUT2D eigenvalue weighted by atomic mass is 10.0. The molecular weight excluding hydrogens is 286 g/mol. The molecule has 1 aliphatic heterocycles. The van der Waals surface area contributed by atoms with Gasteiger partial charge in [-0.3, -0.25) is 4.90 Å². The Hall–Kier alpha value is -2.46. The number of hydrogen-bond donors (Lipinski definition) is 0. The summed E-state index contributed by atoms with van der Waals surface area (Å²) in [7, 11) is 0. The Balaban J connectivity index is 1.56. The second-order valence-electron chi connectivity index (χ2n) is 6.03. The van der Waals surface area contributed by atoms with Crippen molar-refractivity contribution in [2.24, 2.45) is 0 Å². The first-order chi connectivity index (χ1) is 11.3. The molecule has 23 heavy (non-hydrogen) atoms. The van der Waals surface area contributed by atoms with Gasteiger partial charge in [-0.1, -0.05) is 24.3 Å². The SMILES string of the molecule is Cc1ccccc1CN1CCc2cnc(-c3ccco3)nc2C1. The lowest BCUT2D eigenvalue weighted by Crippen LogP contribution is -2.31. The molecule has 3 heterocycles. The Morgan fingerprint density at radius 3 is 2.91 bits per heavy atom. The largest absolute Gasteiger partial charge is 0.461 e. The van der Waals surface area contributed by atoms with Crippen LogP contribution < -0.4 is 0 Å². The lowest BCUT2D eigenvalue weighted by Gasteiger charge is -2.28. The van der Waals surface area contributed by atoms with Gasteiger partial charge in [0.15, 0.2) is 11.6 Å². The Labute approximate surface area is 135 Å². The molecule has 1 aromatic carbocycles. The van der Waals surface area contributed by atoms with Crippen molar-refractivity contribution in [3.63, 3.8) is 0 Å². The predicted octanol–water partition coefficient (Wildman–Crippen LogP) is 3.60. The lowest BCUT2D eigenvalue weighted by molar-refractivity contribution is 0.240. The van der Waals surface area contributed by atoms with Gasteiger partial charge in [0, 0.05) is 25.8 Å². The van der Waals surface area contributed by atoms with E-state index in [1.807, 2.05) is 18.3 Å². The summed E-state index contributed by atoms with van der Waals surface area (Å²) in [6, 6.07) is 12.3. The number of rotatable bonds is 3. The average Bonchev–Trinajstić information content (AvgIpc) is 3.11. The number of aromatic nitrogens is 2. The first-order valence-electron chi connectivity index (χ1n) is 7.95. The monoisotopic (exact) mass is 305 g/mol. The van der Waals surface area contributed by atoms with Gasteiger partial charge in [-0.2, -0.15) is 0 Å². The van der Waals surface area contributed by atoms with Crippen molar-refractivity contribution in [1.29, 1.82) is 0 Å². The smallest absolute Gasteiger partial charge is 0.195 e. The van der Waals surface area contributed by atoms with Gasteiger partial charge in [0.2, 0.25) is 0 Å². The van der Waals surface area contributed by atoms with Gasteiger partial charge >= 0.3 is 0 Å². The zero-order valence-electron chi connectivity index (χ0n) is 13.2. The van der Waals surface area contributed by atoms with Gasteiger partial charge in [-0.05, 0) is 42.2 Å². The van der Waals surface area contributed by atoms with E-state index in [-0.39, 0.29) is 0 Å². The fourth-order valence-electron chi connectivity index (χ4n) is 3.05. The van der Waals surface area contributed by atoms with E-state index >= 15 is 0 Å². The predicted molar refractivity (Wildman–Crippen MR) is 88.7 cm³/mol. The summed E-state index contributed by atoms with van der Waals surface area (Å²) in [6.07, 6.45) is 4.60. The van der Waals surface area contributed by atoms with E-state index in [0.29, 0.717) is 5.82 Å². The minimum Gasteiger partial charge on any atom is -0.461 e. The number of benzene rings is 1. The molecule has 4 heteroatoms. The summed E-state index contributed by atoms with van der Waals surface area (Å²) < 4.78 is 5.41. The van der Waals surface area contributed by atoms with Crippen LogP contribution in [0.15, 0.2) is 53.3 Å². The number of nitrogens with zero attached hydrogens (tertiary/aromatic N) is 3. The molecule has 4 rings (SSSR count). The maximum Gasteiger partial charge on any atom is 0.195 e. The van der Waals surface area contributed by atoms with Crippen LogP contribution in [0.1, 0.15) is 22.4 Å². The van der Waals surface area contributed by atoms with Crippen molar-refractivity contribution in [2.75, 3.05) is 6.54 Å². The minimum atomic E-state index is 0.673. The molecule has 2 aromatic heterocycles. The van der Waals surface area contributed by atoms with Gasteiger partial charge < -0.3 is 4.42 Å². The van der Waals surface area contributed by atoms with Crippen LogP contribution in [0.3, 0.4) is 0 Å². The molecule has 0 unspecified atom stereocenters. The van der Waals surface area contributed by atoms with Crippen LogP contribution in [-0.2, 0) is 19.5 Å². The fraction of sp³-hybridized carbons (Fsp3) is 0.263. The van der Waals surface area contributed by atoms with Gasteiger partial charge in [-0.15, -0.1) is 0 Å². The van der Waals surface area contributed by atoms with E-state index in [9.17, 15) is 0 Å². The van der Waals surface area contributed by atoms with Crippen molar-refractivity contribution >= 4 is 0 Å². The van der Waals surface area contributed by atoms with E-state index in [1.165, 1.54) is 16.7 Å². The highest BCUT2D eigenvalue weighted by Crippen LogP contribution is 2.22. The number of aryl methyl sites for hydroxylation is 1. The summed E-state index contributed by atoms with van der Waals surface area (Å²) in [6.45, 7) is 5.04. The van der Waals surface area contributed by atoms with Crippen LogP contribution >= 0.6 is 0 Å². The molecule has 0 saturated heterocycles. The Bertz CT molecular complexity index is 811. The van der Waals surface area contributed by atoms with E-state index < -0.39 is 0 Å². The molecule has 0 N–H and O–H groups in total. The Kier molecular flexibility index (Phi) is 3.67. The first-order valence-corrected chi connectivity index (χ1v) is 7.95. The topological polar surface area (TPSA) is 42.2 Å². The number of hydrogen-bond acceptors (Lipinski definition) is 4. The van der Waals surface area contributed by atoms with Crippen molar-refractivity contribution in [2.45, 2.75) is 26.4 Å². The Morgan fingerprint density at radius 1 is 1.17 bits per heavy atom. The summed E-state index contributed by atoms with van der Waals surface area (Å²) in [4.78, 5) is 11.6. The zero-order chi connectivity index (χ0) is 15.6. The molecule has 0 bridgehead atoms. The maximum atomic E-state index is 5.41. The van der Waals surface area contributed by atoms with Crippen LogP contribution in [0.2, 0.25) is 0 Å². The highest BCUT2D eigenvalue weighted by atomic mass is 16.3. The molecule has 0 amide bonds. The van der Waals surface area contributed by atoms with Gasteiger partial charge in [0.1, 0.15) is 0 Å². The molecule has 0 atom stereocenters. The summed E-state index contributed by atoms with van der Waals surface area (Å²) in [5.41, 5.74) is 5.10. The van der Waals surface area contributed by atoms with E-state index in [2.05, 4.69) is 41.1 Å². The quantitative estimate of drug-likeness (QED) is 0.741. The highest BCUT2D eigenvalue weighted by Gasteiger charge is 2.19. The Morgan fingerprint density at radius 2 is 2.09 bits per heavy atom. The van der Waals surface area contributed by atoms with Gasteiger partial charge in [0.25, 0.3) is 0 Å². The first kappa shape index (κ1) is 14.2. The van der Waals surface area contributed by atoms with Crippen LogP contribution in [0.5, 0.6) is 0 Å². The van der Waals surface area contributed by atoms with Crippen LogP contribution in [-0.4, -0.2) is 21.4 Å². The molecule has 0 radical (unpaired) electrons. The second-order valence-corrected chi connectivity index (χ2v) is 6.03. The van der Waals surface area contributed by atoms with Crippen LogP contribution in [0.4, 0.5) is 0 Å². The van der Waals surface area contributed by atoms with Crippen molar-refractivity contribution in [1.82, 2.24) is 14.9 Å². The third-order valence-electron chi connectivity index (χ3n) is 4.42. The molecule has 0 saturated carbocycles. The number of fused-ring (bicyclic) bond motifs is 1. The second kappa shape index (κ2) is 5.97. The standard InChI is InChI=1S/C19H19N3O/c1-14-5-2-3-6-16(14)12-22-9-8-15-11-20-19(21-17(15)13-22)18-7-4-10-23-18/h2-7,10-11H,8-9,12-13H2,1H3. The third-order valence-corrected chi connectivity index (χ3v) is 4.42. The highest BCUT2D eigenvalue weighted by molar-refractivity contribution is 5.47. The molecule has 1 aliphatic rings. The zero-order valence-corrected chi connectivity index (χ0v) is 13.2. The molecule has 116 valence electrons. The summed E-state index contributed by atoms with van der Waals surface area (Å²) in [5, 5.41) is 0. The molecule has 0 fully saturated rings. The third kappa shape index (κ3) is 2.90. The summed E-state index contributed by atoms with van der Waals surface area (Å²) >= 11 is 0. The van der Waals surface area contributed by atoms with E-state index in [0.717, 1.165) is 37.5 Å². The molecule has 3 aromatic rings. The fourth-order valence-corrected chi connectivity index (χ4v) is 3.05. The molecular formula is C19H19N3O. The van der Waals surface area contributed by atoms with Crippen LogP contribution in [0.25, 0.3) is 11.6 Å². The molecule has 4 nitrogen and oxygen atoms in total. The van der Waals surface area contributed by atoms with Crippen LogP contribution in [0, 0.1) is 6.92 Å². The maximum absolute atomic E-state index is 5.41. The van der Waals surface area contributed by atoms with Gasteiger partial charge in [-0.25, -0.2) is 9.97 Å². The molecule has 0 aliphatic carbocycles. The van der Waals surface area contributed by atoms with Crippen molar-refractivity contribution < 1.29 is 4.42 Å². The normalized spacial score (nSPS) is 14.7. The van der Waals surface area contributed by atoms with Gasteiger partial charge in [0.05, 0.1) is 12.0 Å². The van der Waals surface area contributed by atoms with Crippen molar-refractivity contribution in [3.05, 3.63) is 71.2 Å². The average molecular weight is 305 g/mol. The van der Waals surface area contributed by atoms with E-state index in [1.54, 1.807) is 6.26 Å². The number of furan rings is 1. The van der Waals surface area contributed by atoms with Crippen molar-refractivity contribution in [3.8, 4) is 11.6 Å². The minimum absolute atomic E-state index is 0.673. The van der Waals surface area contributed by atoms with E-state index in [4.69, 9.17) is 9.40 Å².